The quantitative estimate of drug-likeness (QED) is 0.890. The fraction of sp³-hybridized carbons (Fsp3) is 0.600. The Morgan fingerprint density at radius 3 is 2.95 bits per heavy atom. The summed E-state index contributed by atoms with van der Waals surface area (Å²) >= 11 is 1.57. The van der Waals surface area contributed by atoms with Crippen molar-refractivity contribution in [3.8, 4) is 0 Å². The van der Waals surface area contributed by atoms with Gasteiger partial charge in [-0.2, -0.15) is 0 Å². The zero-order valence-electron chi connectivity index (χ0n) is 12.7. The van der Waals surface area contributed by atoms with E-state index >= 15 is 0 Å². The molecule has 5 nitrogen and oxygen atoms in total. The maximum absolute atomic E-state index is 12.2. The average molecular weight is 307 g/mol. The van der Waals surface area contributed by atoms with Gasteiger partial charge >= 0.3 is 0 Å². The van der Waals surface area contributed by atoms with Gasteiger partial charge in [-0.15, -0.1) is 11.3 Å². The minimum Gasteiger partial charge on any atom is -0.389 e. The van der Waals surface area contributed by atoms with Crippen LogP contribution in [0, 0.1) is 13.8 Å². The Bertz CT molecular complexity index is 732. The normalized spacial score (nSPS) is 23.8. The highest BCUT2D eigenvalue weighted by Crippen LogP contribution is 2.26. The van der Waals surface area contributed by atoms with Crippen LogP contribution in [0.4, 0.5) is 0 Å². The van der Waals surface area contributed by atoms with Crippen LogP contribution in [0.3, 0.4) is 0 Å². The lowest BCUT2D eigenvalue weighted by Gasteiger charge is -2.36. The van der Waals surface area contributed by atoms with Crippen LogP contribution < -0.4 is 5.56 Å². The first-order chi connectivity index (χ1) is 9.85. The zero-order chi connectivity index (χ0) is 15.2. The van der Waals surface area contributed by atoms with Crippen molar-refractivity contribution in [2.75, 3.05) is 13.1 Å². The summed E-state index contributed by atoms with van der Waals surface area (Å²) in [7, 11) is 0. The predicted molar refractivity (Wildman–Crippen MR) is 84.8 cm³/mol. The van der Waals surface area contributed by atoms with Gasteiger partial charge in [-0.05, 0) is 45.7 Å². The maximum Gasteiger partial charge on any atom is 0.259 e. The molecule has 3 rings (SSSR count). The van der Waals surface area contributed by atoms with E-state index in [1.54, 1.807) is 11.3 Å². The molecule has 0 saturated carbocycles. The summed E-state index contributed by atoms with van der Waals surface area (Å²) in [6.07, 6.45) is 1.80. The minimum absolute atomic E-state index is 0.0550. The second kappa shape index (κ2) is 5.19. The lowest BCUT2D eigenvalue weighted by atomic mass is 9.95. The van der Waals surface area contributed by atoms with Gasteiger partial charge in [-0.25, -0.2) is 4.98 Å². The molecule has 0 spiro atoms. The summed E-state index contributed by atoms with van der Waals surface area (Å²) in [5.41, 5.74) is 0.329. The molecule has 114 valence electrons. The molecule has 1 aliphatic rings. The van der Waals surface area contributed by atoms with Crippen LogP contribution in [0.2, 0.25) is 0 Å². The van der Waals surface area contributed by atoms with Crippen LogP contribution >= 0.6 is 11.3 Å². The Kier molecular flexibility index (Phi) is 3.63. The van der Waals surface area contributed by atoms with Gasteiger partial charge in [-0.3, -0.25) is 9.69 Å². The molecular formula is C15H21N3O2S. The Labute approximate surface area is 127 Å². The van der Waals surface area contributed by atoms with E-state index in [2.05, 4.69) is 14.9 Å². The van der Waals surface area contributed by atoms with E-state index in [9.17, 15) is 9.90 Å². The number of likely N-dealkylation sites (tertiary alicyclic amines) is 1. The molecule has 3 heterocycles. The number of aryl methyl sites for hydroxylation is 2. The summed E-state index contributed by atoms with van der Waals surface area (Å²) < 4.78 is 0. The molecule has 0 aliphatic carbocycles. The number of hydrogen-bond acceptors (Lipinski definition) is 5. The SMILES string of the molecule is Cc1sc2nc(CN3CCCC(C)(O)C3)[nH]c(=O)c2c1C. The standard InChI is InChI=1S/C15H21N3O2S/c1-9-10(2)21-14-12(9)13(19)16-11(17-14)7-18-6-4-5-15(3,20)8-18/h20H,4-8H2,1-3H3,(H,16,17,19). The monoisotopic (exact) mass is 307 g/mol. The van der Waals surface area contributed by atoms with E-state index in [1.807, 2.05) is 20.8 Å². The molecule has 1 saturated heterocycles. The Hall–Kier alpha value is -1.24. The van der Waals surface area contributed by atoms with E-state index < -0.39 is 5.60 Å². The first-order valence-electron chi connectivity index (χ1n) is 7.29. The van der Waals surface area contributed by atoms with Gasteiger partial charge in [0.05, 0.1) is 17.5 Å². The predicted octanol–water partition coefficient (Wildman–Crippen LogP) is 1.95. The van der Waals surface area contributed by atoms with Gasteiger partial charge in [-0.1, -0.05) is 0 Å². The number of aliphatic hydroxyl groups is 1. The number of thiophene rings is 1. The Morgan fingerprint density at radius 1 is 1.48 bits per heavy atom. The largest absolute Gasteiger partial charge is 0.389 e. The Morgan fingerprint density at radius 2 is 2.24 bits per heavy atom. The molecule has 1 fully saturated rings. The third-order valence-electron chi connectivity index (χ3n) is 4.22. The molecule has 21 heavy (non-hydrogen) atoms. The summed E-state index contributed by atoms with van der Waals surface area (Å²) in [6, 6.07) is 0. The van der Waals surface area contributed by atoms with Gasteiger partial charge in [0.15, 0.2) is 0 Å². The number of hydrogen-bond donors (Lipinski definition) is 2. The number of nitrogens with zero attached hydrogens (tertiary/aromatic N) is 2. The molecule has 1 unspecified atom stereocenters. The van der Waals surface area contributed by atoms with Crippen molar-refractivity contribution in [2.45, 2.75) is 45.8 Å². The van der Waals surface area contributed by atoms with Crippen LogP contribution in [0.15, 0.2) is 4.79 Å². The van der Waals surface area contributed by atoms with Gasteiger partial charge in [0.1, 0.15) is 10.7 Å². The van der Waals surface area contributed by atoms with E-state index in [0.29, 0.717) is 24.3 Å². The van der Waals surface area contributed by atoms with E-state index in [0.717, 1.165) is 34.7 Å². The third-order valence-corrected chi connectivity index (χ3v) is 5.32. The Balaban J connectivity index is 1.90. The molecule has 2 aromatic rings. The number of aromatic nitrogens is 2. The van der Waals surface area contributed by atoms with Crippen molar-refractivity contribution >= 4 is 21.6 Å². The van der Waals surface area contributed by atoms with Crippen LogP contribution in [0.5, 0.6) is 0 Å². The van der Waals surface area contributed by atoms with Crippen molar-refractivity contribution in [2.24, 2.45) is 0 Å². The van der Waals surface area contributed by atoms with Gasteiger partial charge < -0.3 is 10.1 Å². The molecule has 2 N–H and O–H groups in total. The molecule has 6 heteroatoms. The maximum atomic E-state index is 12.2. The topological polar surface area (TPSA) is 69.2 Å². The number of fused-ring (bicyclic) bond motifs is 1. The van der Waals surface area contributed by atoms with Crippen LogP contribution in [0.25, 0.3) is 10.2 Å². The molecule has 0 aromatic carbocycles. The van der Waals surface area contributed by atoms with Gasteiger partial charge in [0, 0.05) is 11.4 Å². The molecule has 1 aliphatic heterocycles. The number of nitrogens with one attached hydrogen (secondary N) is 1. The summed E-state index contributed by atoms with van der Waals surface area (Å²) in [4.78, 5) is 23.8. The molecule has 0 amide bonds. The molecule has 1 atom stereocenters. The van der Waals surface area contributed by atoms with Gasteiger partial charge in [0.25, 0.3) is 5.56 Å². The summed E-state index contributed by atoms with van der Waals surface area (Å²) in [5, 5.41) is 10.9. The van der Waals surface area contributed by atoms with Crippen LogP contribution in [-0.4, -0.2) is 38.7 Å². The lowest BCUT2D eigenvalue weighted by Crippen LogP contribution is -2.45. The number of piperidine rings is 1. The average Bonchev–Trinajstić information content (AvgIpc) is 2.63. The second-order valence-corrected chi connectivity index (χ2v) is 7.49. The van der Waals surface area contributed by atoms with Crippen molar-refractivity contribution in [1.29, 1.82) is 0 Å². The van der Waals surface area contributed by atoms with E-state index in [4.69, 9.17) is 0 Å². The van der Waals surface area contributed by atoms with Crippen molar-refractivity contribution in [1.82, 2.24) is 14.9 Å². The highest BCUT2D eigenvalue weighted by atomic mass is 32.1. The zero-order valence-corrected chi connectivity index (χ0v) is 13.5. The van der Waals surface area contributed by atoms with E-state index in [-0.39, 0.29) is 5.56 Å². The molecule has 2 aromatic heterocycles. The van der Waals surface area contributed by atoms with Crippen molar-refractivity contribution in [3.63, 3.8) is 0 Å². The number of rotatable bonds is 2. The first kappa shape index (κ1) is 14.7. The number of β-amino-alcohol motifs (C(OH)–C–C–N with tert-alkyl or cyclic N) is 1. The smallest absolute Gasteiger partial charge is 0.259 e. The highest BCUT2D eigenvalue weighted by molar-refractivity contribution is 7.18. The number of H-pyrrole nitrogens is 1. The first-order valence-corrected chi connectivity index (χ1v) is 8.11. The fourth-order valence-electron chi connectivity index (χ4n) is 3.04. The minimum atomic E-state index is -0.640. The third kappa shape index (κ3) is 2.88. The molecule has 0 radical (unpaired) electrons. The van der Waals surface area contributed by atoms with E-state index in [1.165, 1.54) is 0 Å². The fourth-order valence-corrected chi connectivity index (χ4v) is 4.09. The highest BCUT2D eigenvalue weighted by Gasteiger charge is 2.28. The molecular weight excluding hydrogens is 286 g/mol. The second-order valence-electron chi connectivity index (χ2n) is 6.29. The number of aromatic amines is 1. The van der Waals surface area contributed by atoms with Gasteiger partial charge in [0.2, 0.25) is 0 Å². The van der Waals surface area contributed by atoms with Crippen LogP contribution in [0.1, 0.15) is 36.0 Å². The lowest BCUT2D eigenvalue weighted by molar-refractivity contribution is -0.0188. The summed E-state index contributed by atoms with van der Waals surface area (Å²) in [6.45, 7) is 7.98. The van der Waals surface area contributed by atoms with Crippen molar-refractivity contribution < 1.29 is 5.11 Å². The van der Waals surface area contributed by atoms with Crippen LogP contribution in [-0.2, 0) is 6.54 Å². The van der Waals surface area contributed by atoms with Crippen molar-refractivity contribution in [3.05, 3.63) is 26.6 Å². The summed E-state index contributed by atoms with van der Waals surface area (Å²) in [5.74, 6) is 0.687. The molecule has 0 bridgehead atoms.